The van der Waals surface area contributed by atoms with E-state index in [9.17, 15) is 9.59 Å². The number of hydrogen-bond donors (Lipinski definition) is 2. The molecule has 2 heterocycles. The summed E-state index contributed by atoms with van der Waals surface area (Å²) < 4.78 is 0. The van der Waals surface area contributed by atoms with E-state index >= 15 is 0 Å². The van der Waals surface area contributed by atoms with Gasteiger partial charge in [0, 0.05) is 11.0 Å². The fourth-order valence-electron chi connectivity index (χ4n) is 1.65. The Morgan fingerprint density at radius 3 is 2.76 bits per heavy atom. The zero-order chi connectivity index (χ0) is 15.4. The van der Waals surface area contributed by atoms with Gasteiger partial charge in [0.25, 0.3) is 0 Å². The number of aromatic nitrogens is 1. The molecule has 0 aromatic carbocycles. The molecule has 0 atom stereocenters. The molecule has 2 aromatic rings. The Morgan fingerprint density at radius 1 is 1.43 bits per heavy atom. The summed E-state index contributed by atoms with van der Waals surface area (Å²) in [7, 11) is 0. The molecule has 7 heteroatoms. The molecule has 21 heavy (non-hydrogen) atoms. The van der Waals surface area contributed by atoms with Gasteiger partial charge in [-0.3, -0.25) is 4.79 Å². The number of hydrogen-bond acceptors (Lipinski definition) is 5. The van der Waals surface area contributed by atoms with Crippen LogP contribution in [0.4, 0.5) is 0 Å². The van der Waals surface area contributed by atoms with E-state index in [1.54, 1.807) is 24.3 Å². The van der Waals surface area contributed by atoms with Crippen LogP contribution in [0.2, 0.25) is 0 Å². The van der Waals surface area contributed by atoms with Crippen LogP contribution in [0.3, 0.4) is 0 Å². The molecule has 0 bridgehead atoms. The molecule has 0 saturated heterocycles. The molecule has 0 saturated carbocycles. The van der Waals surface area contributed by atoms with Gasteiger partial charge in [-0.1, -0.05) is 0 Å². The molecule has 5 nitrogen and oxygen atoms in total. The minimum absolute atomic E-state index is 0.212. The first-order valence-corrected chi connectivity index (χ1v) is 7.86. The standard InChI is InChI=1S/C14H14N2O3S2/c1-8-5-6-20-10(8)3-4-11(17)15-7-12-16-9(2)13(21-12)14(18)19/h3-6H,7H2,1-2H3,(H,15,17)(H,18,19). The molecule has 0 spiro atoms. The van der Waals surface area contributed by atoms with Gasteiger partial charge < -0.3 is 10.4 Å². The number of carboxylic acids is 1. The third-order valence-electron chi connectivity index (χ3n) is 2.74. The topological polar surface area (TPSA) is 79.3 Å². The Hall–Kier alpha value is -1.99. The SMILES string of the molecule is Cc1ccsc1C=CC(=O)NCc1nc(C)c(C(=O)O)s1. The minimum Gasteiger partial charge on any atom is -0.477 e. The van der Waals surface area contributed by atoms with Gasteiger partial charge in [0.15, 0.2) is 0 Å². The van der Waals surface area contributed by atoms with Crippen molar-refractivity contribution in [3.05, 3.63) is 43.5 Å². The maximum absolute atomic E-state index is 11.7. The highest BCUT2D eigenvalue weighted by atomic mass is 32.1. The molecule has 0 fully saturated rings. The van der Waals surface area contributed by atoms with Crippen molar-refractivity contribution in [3.8, 4) is 0 Å². The van der Waals surface area contributed by atoms with Crippen molar-refractivity contribution in [2.75, 3.05) is 0 Å². The summed E-state index contributed by atoms with van der Waals surface area (Å²) in [5.41, 5.74) is 1.60. The lowest BCUT2D eigenvalue weighted by molar-refractivity contribution is -0.116. The van der Waals surface area contributed by atoms with Crippen LogP contribution in [0.25, 0.3) is 6.08 Å². The van der Waals surface area contributed by atoms with Gasteiger partial charge in [0.05, 0.1) is 12.2 Å². The van der Waals surface area contributed by atoms with Gasteiger partial charge in [-0.15, -0.1) is 22.7 Å². The number of thiophene rings is 1. The van der Waals surface area contributed by atoms with Crippen LogP contribution in [0.1, 0.15) is 30.8 Å². The highest BCUT2D eigenvalue weighted by molar-refractivity contribution is 7.13. The Bertz CT molecular complexity index is 701. The predicted molar refractivity (Wildman–Crippen MR) is 83.7 cm³/mol. The van der Waals surface area contributed by atoms with E-state index < -0.39 is 5.97 Å². The van der Waals surface area contributed by atoms with Crippen LogP contribution >= 0.6 is 22.7 Å². The average Bonchev–Trinajstić information content (AvgIpc) is 3.00. The molecule has 0 radical (unpaired) electrons. The number of nitrogens with one attached hydrogen (secondary N) is 1. The maximum atomic E-state index is 11.7. The second-order valence-corrected chi connectivity index (χ2v) is 6.38. The lowest BCUT2D eigenvalue weighted by atomic mass is 10.3. The van der Waals surface area contributed by atoms with Gasteiger partial charge in [-0.25, -0.2) is 9.78 Å². The quantitative estimate of drug-likeness (QED) is 0.830. The summed E-state index contributed by atoms with van der Waals surface area (Å²) in [6, 6.07) is 1.99. The highest BCUT2D eigenvalue weighted by Gasteiger charge is 2.13. The summed E-state index contributed by atoms with van der Waals surface area (Å²) in [5.74, 6) is -1.22. The van der Waals surface area contributed by atoms with Crippen molar-refractivity contribution in [3.63, 3.8) is 0 Å². The van der Waals surface area contributed by atoms with Crippen LogP contribution in [-0.2, 0) is 11.3 Å². The second-order valence-electron chi connectivity index (χ2n) is 4.35. The van der Waals surface area contributed by atoms with E-state index in [0.717, 1.165) is 21.8 Å². The van der Waals surface area contributed by atoms with Crippen LogP contribution in [-0.4, -0.2) is 22.0 Å². The summed E-state index contributed by atoms with van der Waals surface area (Å²) in [4.78, 5) is 28.0. The van der Waals surface area contributed by atoms with Gasteiger partial charge in [0.1, 0.15) is 9.88 Å². The lowest BCUT2D eigenvalue weighted by Gasteiger charge is -1.98. The van der Waals surface area contributed by atoms with E-state index in [4.69, 9.17) is 5.11 Å². The Kier molecular flexibility index (Phi) is 4.87. The summed E-state index contributed by atoms with van der Waals surface area (Å²) in [6.45, 7) is 3.86. The Morgan fingerprint density at radius 2 is 2.19 bits per heavy atom. The first-order valence-electron chi connectivity index (χ1n) is 6.17. The van der Waals surface area contributed by atoms with E-state index in [0.29, 0.717) is 10.7 Å². The number of amides is 1. The molecule has 2 aromatic heterocycles. The van der Waals surface area contributed by atoms with Crippen LogP contribution in [0.15, 0.2) is 17.5 Å². The zero-order valence-electron chi connectivity index (χ0n) is 11.5. The number of rotatable bonds is 5. The maximum Gasteiger partial charge on any atom is 0.347 e. The summed E-state index contributed by atoms with van der Waals surface area (Å²) >= 11 is 2.65. The molecule has 0 unspecified atom stereocenters. The second kappa shape index (κ2) is 6.64. The normalized spacial score (nSPS) is 11.0. The molecule has 0 aliphatic rings. The third-order valence-corrected chi connectivity index (χ3v) is 4.87. The first kappa shape index (κ1) is 15.4. The largest absolute Gasteiger partial charge is 0.477 e. The number of thiazole rings is 1. The van der Waals surface area contributed by atoms with Crippen molar-refractivity contribution in [1.82, 2.24) is 10.3 Å². The number of carbonyl (C=O) groups excluding carboxylic acids is 1. The highest BCUT2D eigenvalue weighted by Crippen LogP contribution is 2.18. The molecule has 2 rings (SSSR count). The molecular formula is C14H14N2O3S2. The number of aromatic carboxylic acids is 1. The van der Waals surface area contributed by atoms with Crippen LogP contribution in [0, 0.1) is 13.8 Å². The summed E-state index contributed by atoms with van der Waals surface area (Å²) in [6.07, 6.45) is 3.24. The van der Waals surface area contributed by atoms with Gasteiger partial charge in [-0.2, -0.15) is 0 Å². The fourth-order valence-corrected chi connectivity index (χ4v) is 3.32. The Balaban J connectivity index is 1.92. The van der Waals surface area contributed by atoms with Crippen LogP contribution < -0.4 is 5.32 Å². The van der Waals surface area contributed by atoms with Crippen molar-refractivity contribution in [2.45, 2.75) is 20.4 Å². The third kappa shape index (κ3) is 3.99. The van der Waals surface area contributed by atoms with E-state index in [1.807, 2.05) is 18.4 Å². The van der Waals surface area contributed by atoms with Crippen molar-refractivity contribution in [2.24, 2.45) is 0 Å². The van der Waals surface area contributed by atoms with Gasteiger partial charge in [0.2, 0.25) is 5.91 Å². The predicted octanol–water partition coefficient (Wildman–Crippen LogP) is 2.85. The molecule has 0 aliphatic heterocycles. The van der Waals surface area contributed by atoms with Crippen molar-refractivity contribution < 1.29 is 14.7 Å². The number of nitrogens with zero attached hydrogens (tertiary/aromatic N) is 1. The number of aryl methyl sites for hydroxylation is 2. The smallest absolute Gasteiger partial charge is 0.347 e. The lowest BCUT2D eigenvalue weighted by Crippen LogP contribution is -2.20. The summed E-state index contributed by atoms with van der Waals surface area (Å²) in [5, 5.41) is 14.2. The monoisotopic (exact) mass is 322 g/mol. The number of carbonyl (C=O) groups is 2. The van der Waals surface area contributed by atoms with E-state index in [2.05, 4.69) is 10.3 Å². The zero-order valence-corrected chi connectivity index (χ0v) is 13.2. The Labute approximate surface area is 130 Å². The van der Waals surface area contributed by atoms with E-state index in [1.165, 1.54) is 6.08 Å². The van der Waals surface area contributed by atoms with E-state index in [-0.39, 0.29) is 17.3 Å². The first-order chi connectivity index (χ1) is 9.97. The molecule has 0 aliphatic carbocycles. The van der Waals surface area contributed by atoms with Crippen molar-refractivity contribution >= 4 is 40.6 Å². The van der Waals surface area contributed by atoms with Gasteiger partial charge >= 0.3 is 5.97 Å². The fraction of sp³-hybridized carbons (Fsp3) is 0.214. The average molecular weight is 322 g/mol. The van der Waals surface area contributed by atoms with Gasteiger partial charge in [-0.05, 0) is 36.9 Å². The molecule has 2 N–H and O–H groups in total. The van der Waals surface area contributed by atoms with Crippen molar-refractivity contribution in [1.29, 1.82) is 0 Å². The molecular weight excluding hydrogens is 308 g/mol. The minimum atomic E-state index is -0.990. The molecule has 1 amide bonds. The van der Waals surface area contributed by atoms with Crippen LogP contribution in [0.5, 0.6) is 0 Å². The number of carboxylic acid groups (broad SMARTS) is 1. The molecule has 110 valence electrons.